The van der Waals surface area contributed by atoms with Crippen molar-refractivity contribution in [3.8, 4) is 11.1 Å². The number of benzene rings is 1. The number of nitrogen functional groups attached to an aromatic ring is 1. The number of hydrogen-bond donors (Lipinski definition) is 1. The van der Waals surface area contributed by atoms with Gasteiger partial charge >= 0.3 is 0 Å². The molecule has 0 aliphatic heterocycles. The number of nitrogens with two attached hydrogens (primary N) is 1. The van der Waals surface area contributed by atoms with Crippen LogP contribution in [0.1, 0.15) is 0 Å². The number of hydrogen-bond acceptors (Lipinski definition) is 2. The summed E-state index contributed by atoms with van der Waals surface area (Å²) in [5.41, 5.74) is 8.38. The van der Waals surface area contributed by atoms with Crippen LogP contribution in [0.25, 0.3) is 11.1 Å². The largest absolute Gasteiger partial charge is 0.398 e. The average molecular weight is 323 g/mol. The molecule has 0 fully saturated rings. The van der Waals surface area contributed by atoms with Gasteiger partial charge in [0.05, 0.1) is 4.34 Å². The lowest BCUT2D eigenvalue weighted by Crippen LogP contribution is -1.86. The van der Waals surface area contributed by atoms with E-state index in [1.165, 1.54) is 11.3 Å². The molecule has 5 heteroatoms. The van der Waals surface area contributed by atoms with Gasteiger partial charge in [-0.1, -0.05) is 29.3 Å². The molecular formula is C10H6BrCl2NS. The first-order chi connectivity index (χ1) is 7.08. The van der Waals surface area contributed by atoms with E-state index in [1.807, 2.05) is 24.3 Å². The summed E-state index contributed by atoms with van der Waals surface area (Å²) in [6.07, 6.45) is 0. The van der Waals surface area contributed by atoms with Crippen LogP contribution in [0.4, 0.5) is 5.69 Å². The molecule has 1 aromatic carbocycles. The molecule has 1 heterocycles. The summed E-state index contributed by atoms with van der Waals surface area (Å²) in [5.74, 6) is 0. The lowest BCUT2D eigenvalue weighted by Gasteiger charge is -2.02. The minimum absolute atomic E-state index is 0.677. The normalized spacial score (nSPS) is 10.6. The molecular weight excluding hydrogens is 317 g/mol. The Labute approximate surface area is 110 Å². The van der Waals surface area contributed by atoms with Gasteiger partial charge in [-0.25, -0.2) is 0 Å². The van der Waals surface area contributed by atoms with Gasteiger partial charge < -0.3 is 5.73 Å². The highest BCUT2D eigenvalue weighted by atomic mass is 79.9. The van der Waals surface area contributed by atoms with Crippen molar-refractivity contribution in [2.75, 3.05) is 5.73 Å². The zero-order valence-electron chi connectivity index (χ0n) is 7.43. The van der Waals surface area contributed by atoms with Crippen molar-refractivity contribution in [3.63, 3.8) is 0 Å². The molecule has 0 saturated heterocycles. The monoisotopic (exact) mass is 321 g/mol. The second-order valence-corrected chi connectivity index (χ2v) is 6.11. The zero-order valence-corrected chi connectivity index (χ0v) is 11.3. The molecule has 2 aromatic rings. The molecule has 1 nitrogen and oxygen atoms in total. The molecule has 0 radical (unpaired) electrons. The summed E-state index contributed by atoms with van der Waals surface area (Å²) in [4.78, 5) is 0. The van der Waals surface area contributed by atoms with Crippen LogP contribution in [0, 0.1) is 0 Å². The molecule has 0 bridgehead atoms. The SMILES string of the molecule is Nc1cc(-c2cc(Cl)sc2Cl)ccc1Br. The van der Waals surface area contributed by atoms with E-state index in [4.69, 9.17) is 28.9 Å². The highest BCUT2D eigenvalue weighted by Gasteiger charge is 2.09. The van der Waals surface area contributed by atoms with Crippen molar-refractivity contribution < 1.29 is 0 Å². The lowest BCUT2D eigenvalue weighted by molar-refractivity contribution is 1.61. The molecule has 0 unspecified atom stereocenters. The number of halogens is 3. The van der Waals surface area contributed by atoms with Crippen molar-refractivity contribution in [2.45, 2.75) is 0 Å². The summed E-state index contributed by atoms with van der Waals surface area (Å²) < 4.78 is 2.24. The van der Waals surface area contributed by atoms with E-state index < -0.39 is 0 Å². The maximum Gasteiger partial charge on any atom is 0.102 e. The van der Waals surface area contributed by atoms with E-state index in [9.17, 15) is 0 Å². The van der Waals surface area contributed by atoms with Gasteiger partial charge in [-0.15, -0.1) is 11.3 Å². The van der Waals surface area contributed by atoms with Gasteiger partial charge in [-0.3, -0.25) is 0 Å². The topological polar surface area (TPSA) is 26.0 Å². The second kappa shape index (κ2) is 4.34. The summed E-state index contributed by atoms with van der Waals surface area (Å²) in [6.45, 7) is 0. The number of thiophene rings is 1. The van der Waals surface area contributed by atoms with Crippen molar-refractivity contribution in [1.29, 1.82) is 0 Å². The molecule has 0 saturated carbocycles. The van der Waals surface area contributed by atoms with Crippen molar-refractivity contribution in [1.82, 2.24) is 0 Å². The molecule has 78 valence electrons. The molecule has 1 aromatic heterocycles. The van der Waals surface area contributed by atoms with Gasteiger partial charge in [0.2, 0.25) is 0 Å². The molecule has 0 atom stereocenters. The van der Waals surface area contributed by atoms with Crippen LogP contribution in [-0.2, 0) is 0 Å². The van der Waals surface area contributed by atoms with Crippen molar-refractivity contribution in [3.05, 3.63) is 37.4 Å². The Bertz CT molecular complexity index is 510. The van der Waals surface area contributed by atoms with Crippen LogP contribution < -0.4 is 5.73 Å². The van der Waals surface area contributed by atoms with Gasteiger partial charge in [0.1, 0.15) is 4.34 Å². The fourth-order valence-corrected chi connectivity index (χ4v) is 3.00. The molecule has 0 amide bonds. The smallest absolute Gasteiger partial charge is 0.102 e. The fourth-order valence-electron chi connectivity index (χ4n) is 1.25. The Morgan fingerprint density at radius 3 is 2.47 bits per heavy atom. The van der Waals surface area contributed by atoms with Gasteiger partial charge in [-0.2, -0.15) is 0 Å². The Balaban J connectivity index is 2.54. The van der Waals surface area contributed by atoms with Gasteiger partial charge in [-0.05, 0) is 39.7 Å². The van der Waals surface area contributed by atoms with E-state index >= 15 is 0 Å². The highest BCUT2D eigenvalue weighted by Crippen LogP contribution is 2.39. The molecule has 15 heavy (non-hydrogen) atoms. The maximum absolute atomic E-state index is 6.05. The first-order valence-corrected chi connectivity index (χ1v) is 6.44. The Morgan fingerprint density at radius 1 is 1.20 bits per heavy atom. The Hall–Kier alpha value is -0.220. The van der Waals surface area contributed by atoms with Crippen molar-refractivity contribution >= 4 is 56.2 Å². The van der Waals surface area contributed by atoms with E-state index in [-0.39, 0.29) is 0 Å². The van der Waals surface area contributed by atoms with E-state index in [0.717, 1.165) is 15.6 Å². The zero-order chi connectivity index (χ0) is 11.0. The predicted octanol–water partition coefficient (Wildman–Crippen LogP) is 5.07. The van der Waals surface area contributed by atoms with Crippen LogP contribution >= 0.6 is 50.5 Å². The minimum Gasteiger partial charge on any atom is -0.398 e. The van der Waals surface area contributed by atoms with Gasteiger partial charge in [0.15, 0.2) is 0 Å². The van der Waals surface area contributed by atoms with Crippen LogP contribution in [0.5, 0.6) is 0 Å². The first kappa shape index (κ1) is 11.3. The lowest BCUT2D eigenvalue weighted by atomic mass is 10.1. The third-order valence-corrected chi connectivity index (χ3v) is 4.17. The molecule has 2 N–H and O–H groups in total. The quantitative estimate of drug-likeness (QED) is 0.729. The molecule has 0 aliphatic carbocycles. The summed E-state index contributed by atoms with van der Waals surface area (Å²) >= 11 is 16.6. The van der Waals surface area contributed by atoms with Crippen LogP contribution in [0.2, 0.25) is 8.67 Å². The van der Waals surface area contributed by atoms with Gasteiger partial charge in [0.25, 0.3) is 0 Å². The Kier molecular flexibility index (Phi) is 3.26. The van der Waals surface area contributed by atoms with Crippen molar-refractivity contribution in [2.24, 2.45) is 0 Å². The third-order valence-electron chi connectivity index (χ3n) is 1.96. The standard InChI is InChI=1S/C10H6BrCl2NS/c11-7-2-1-5(3-8(7)14)6-4-9(12)15-10(6)13/h1-4H,14H2. The van der Waals surface area contributed by atoms with Gasteiger partial charge in [0, 0.05) is 15.7 Å². The first-order valence-electron chi connectivity index (χ1n) is 4.08. The van der Waals surface area contributed by atoms with Crippen LogP contribution in [0.15, 0.2) is 28.7 Å². The molecule has 0 spiro atoms. The van der Waals surface area contributed by atoms with E-state index in [2.05, 4.69) is 15.9 Å². The summed E-state index contributed by atoms with van der Waals surface area (Å²) in [5, 5.41) is 0. The summed E-state index contributed by atoms with van der Waals surface area (Å²) in [7, 11) is 0. The van der Waals surface area contributed by atoms with Crippen LogP contribution in [0.3, 0.4) is 0 Å². The number of anilines is 1. The minimum atomic E-state index is 0.677. The predicted molar refractivity (Wildman–Crippen MR) is 71.9 cm³/mol. The summed E-state index contributed by atoms with van der Waals surface area (Å²) in [6, 6.07) is 7.56. The third kappa shape index (κ3) is 2.31. The van der Waals surface area contributed by atoms with Crippen LogP contribution in [-0.4, -0.2) is 0 Å². The second-order valence-electron chi connectivity index (χ2n) is 2.97. The number of rotatable bonds is 1. The highest BCUT2D eigenvalue weighted by molar-refractivity contribution is 9.10. The Morgan fingerprint density at radius 2 is 1.93 bits per heavy atom. The molecule has 2 rings (SSSR count). The maximum atomic E-state index is 6.05. The fraction of sp³-hybridized carbons (Fsp3) is 0. The van der Waals surface area contributed by atoms with E-state index in [0.29, 0.717) is 14.4 Å². The van der Waals surface area contributed by atoms with E-state index in [1.54, 1.807) is 0 Å². The average Bonchev–Trinajstić information content (AvgIpc) is 2.50. The molecule has 0 aliphatic rings.